The van der Waals surface area contributed by atoms with E-state index in [0.717, 1.165) is 24.0 Å². The molecule has 2 aromatic rings. The summed E-state index contributed by atoms with van der Waals surface area (Å²) < 4.78 is 0. The normalized spacial score (nSPS) is 10.4. The van der Waals surface area contributed by atoms with E-state index in [0.29, 0.717) is 22.7 Å². The van der Waals surface area contributed by atoms with Crippen LogP contribution in [0.15, 0.2) is 36.4 Å². The molecule has 0 amide bonds. The zero-order valence-electron chi connectivity index (χ0n) is 10.2. The highest BCUT2D eigenvalue weighted by Gasteiger charge is 2.06. The average molecular weight is 242 g/mol. The minimum atomic E-state index is 0.619. The first kappa shape index (κ1) is 12.1. The van der Waals surface area contributed by atoms with Crippen molar-refractivity contribution >= 4 is 22.7 Å². The molecule has 0 aliphatic carbocycles. The van der Waals surface area contributed by atoms with E-state index in [1.165, 1.54) is 0 Å². The summed E-state index contributed by atoms with van der Waals surface area (Å²) >= 11 is 0. The number of nitrogens with two attached hydrogens (primary N) is 4. The van der Waals surface area contributed by atoms with Crippen LogP contribution in [0.3, 0.4) is 0 Å². The molecule has 18 heavy (non-hydrogen) atoms. The van der Waals surface area contributed by atoms with Gasteiger partial charge in [-0.05, 0) is 36.1 Å². The van der Waals surface area contributed by atoms with E-state index >= 15 is 0 Å². The molecule has 0 saturated heterocycles. The maximum atomic E-state index is 5.93. The molecule has 0 bridgehead atoms. The van der Waals surface area contributed by atoms with Crippen molar-refractivity contribution in [3.63, 3.8) is 0 Å². The van der Waals surface area contributed by atoms with Crippen LogP contribution in [0, 0.1) is 0 Å². The monoisotopic (exact) mass is 242 g/mol. The van der Waals surface area contributed by atoms with Crippen molar-refractivity contribution in [3.8, 4) is 0 Å². The first-order chi connectivity index (χ1) is 8.59. The van der Waals surface area contributed by atoms with Crippen molar-refractivity contribution in [2.24, 2.45) is 0 Å². The summed E-state index contributed by atoms with van der Waals surface area (Å²) in [6, 6.07) is 11.4. The van der Waals surface area contributed by atoms with E-state index in [-0.39, 0.29) is 0 Å². The molecule has 0 aliphatic heterocycles. The molecule has 0 heterocycles. The highest BCUT2D eigenvalue weighted by Crippen LogP contribution is 2.24. The third kappa shape index (κ3) is 2.32. The largest absolute Gasteiger partial charge is 0.397 e. The van der Waals surface area contributed by atoms with Crippen LogP contribution in [-0.4, -0.2) is 0 Å². The molecule has 0 unspecified atom stereocenters. The zero-order valence-corrected chi connectivity index (χ0v) is 10.2. The summed E-state index contributed by atoms with van der Waals surface area (Å²) in [6.07, 6.45) is 1.59. The number of anilines is 4. The van der Waals surface area contributed by atoms with Crippen LogP contribution in [0.5, 0.6) is 0 Å². The van der Waals surface area contributed by atoms with E-state index in [1.54, 1.807) is 12.1 Å². The van der Waals surface area contributed by atoms with E-state index in [1.807, 2.05) is 24.3 Å². The second-order valence-corrected chi connectivity index (χ2v) is 4.34. The highest BCUT2D eigenvalue weighted by molar-refractivity contribution is 5.69. The number of hydrogen-bond acceptors (Lipinski definition) is 4. The Labute approximate surface area is 107 Å². The van der Waals surface area contributed by atoms with E-state index in [4.69, 9.17) is 22.9 Å². The second kappa shape index (κ2) is 4.87. The third-order valence-corrected chi connectivity index (χ3v) is 3.12. The topological polar surface area (TPSA) is 104 Å². The molecule has 94 valence electrons. The number of nitrogen functional groups attached to an aromatic ring is 4. The maximum absolute atomic E-state index is 5.93. The van der Waals surface area contributed by atoms with Gasteiger partial charge < -0.3 is 22.9 Å². The Morgan fingerprint density at radius 1 is 0.611 bits per heavy atom. The van der Waals surface area contributed by atoms with Crippen molar-refractivity contribution in [1.82, 2.24) is 0 Å². The quantitative estimate of drug-likeness (QED) is 0.616. The van der Waals surface area contributed by atoms with Gasteiger partial charge in [-0.2, -0.15) is 0 Å². The lowest BCUT2D eigenvalue weighted by Crippen LogP contribution is -2.04. The Morgan fingerprint density at radius 2 is 1.00 bits per heavy atom. The molecule has 0 saturated carbocycles. The summed E-state index contributed by atoms with van der Waals surface area (Å²) in [6.45, 7) is 0. The van der Waals surface area contributed by atoms with Crippen molar-refractivity contribution in [1.29, 1.82) is 0 Å². The summed E-state index contributed by atoms with van der Waals surface area (Å²) in [5, 5.41) is 0. The Hall–Kier alpha value is -2.36. The minimum absolute atomic E-state index is 0.619. The molecule has 8 N–H and O–H groups in total. The fraction of sp³-hybridized carbons (Fsp3) is 0.143. The van der Waals surface area contributed by atoms with Gasteiger partial charge in [-0.15, -0.1) is 0 Å². The Morgan fingerprint density at radius 3 is 1.39 bits per heavy atom. The van der Waals surface area contributed by atoms with E-state index < -0.39 is 0 Å². The van der Waals surface area contributed by atoms with Gasteiger partial charge in [0.25, 0.3) is 0 Å². The fourth-order valence-electron chi connectivity index (χ4n) is 1.97. The summed E-state index contributed by atoms with van der Waals surface area (Å²) in [7, 11) is 0. The van der Waals surface area contributed by atoms with Gasteiger partial charge >= 0.3 is 0 Å². The van der Waals surface area contributed by atoms with Crippen molar-refractivity contribution < 1.29 is 0 Å². The van der Waals surface area contributed by atoms with Crippen LogP contribution in [0.4, 0.5) is 22.7 Å². The van der Waals surface area contributed by atoms with E-state index in [2.05, 4.69) is 0 Å². The van der Waals surface area contributed by atoms with Gasteiger partial charge in [-0.1, -0.05) is 24.3 Å². The van der Waals surface area contributed by atoms with Gasteiger partial charge in [0.15, 0.2) is 0 Å². The lowest BCUT2D eigenvalue weighted by Gasteiger charge is -2.10. The van der Waals surface area contributed by atoms with Crippen LogP contribution < -0.4 is 22.9 Å². The molecular weight excluding hydrogens is 224 g/mol. The number of benzene rings is 2. The lowest BCUT2D eigenvalue weighted by atomic mass is 10.0. The van der Waals surface area contributed by atoms with Crippen LogP contribution in [-0.2, 0) is 12.8 Å². The van der Waals surface area contributed by atoms with Gasteiger partial charge in [0.1, 0.15) is 0 Å². The number of aryl methyl sites for hydroxylation is 2. The first-order valence-electron chi connectivity index (χ1n) is 5.85. The molecule has 0 radical (unpaired) electrons. The standard InChI is InChI=1S/C14H18N4/c15-11-5-1-3-9(13(11)17)7-8-10-4-2-6-12(16)14(10)18/h1-6H,7-8,15-18H2. The van der Waals surface area contributed by atoms with Crippen molar-refractivity contribution in [2.45, 2.75) is 12.8 Å². The summed E-state index contributed by atoms with van der Waals surface area (Å²) in [4.78, 5) is 0. The van der Waals surface area contributed by atoms with Crippen molar-refractivity contribution in [2.75, 3.05) is 22.9 Å². The average Bonchev–Trinajstić information content (AvgIpc) is 2.36. The smallest absolute Gasteiger partial charge is 0.0580 e. The first-order valence-corrected chi connectivity index (χ1v) is 5.85. The Kier molecular flexibility index (Phi) is 3.28. The molecule has 0 fully saturated rings. The molecule has 2 aromatic carbocycles. The van der Waals surface area contributed by atoms with Crippen LogP contribution in [0.25, 0.3) is 0 Å². The Balaban J connectivity index is 2.17. The van der Waals surface area contributed by atoms with Crippen LogP contribution in [0.1, 0.15) is 11.1 Å². The molecule has 0 spiro atoms. The molecule has 0 atom stereocenters. The van der Waals surface area contributed by atoms with Gasteiger partial charge in [0.05, 0.1) is 22.7 Å². The highest BCUT2D eigenvalue weighted by atomic mass is 14.7. The number of para-hydroxylation sites is 2. The summed E-state index contributed by atoms with van der Waals surface area (Å²) in [5.41, 5.74) is 28.0. The van der Waals surface area contributed by atoms with Gasteiger partial charge in [-0.3, -0.25) is 0 Å². The lowest BCUT2D eigenvalue weighted by molar-refractivity contribution is 0.967. The molecule has 4 nitrogen and oxygen atoms in total. The molecule has 4 heteroatoms. The SMILES string of the molecule is Nc1cccc(CCc2cccc(N)c2N)c1N. The predicted octanol–water partition coefficient (Wildman–Crippen LogP) is 1.80. The van der Waals surface area contributed by atoms with Crippen molar-refractivity contribution in [3.05, 3.63) is 47.5 Å². The summed E-state index contributed by atoms with van der Waals surface area (Å²) in [5.74, 6) is 0. The van der Waals surface area contributed by atoms with Gasteiger partial charge in [0.2, 0.25) is 0 Å². The van der Waals surface area contributed by atoms with Gasteiger partial charge in [0, 0.05) is 0 Å². The molecular formula is C14H18N4. The maximum Gasteiger partial charge on any atom is 0.0580 e. The van der Waals surface area contributed by atoms with Crippen LogP contribution >= 0.6 is 0 Å². The Bertz CT molecular complexity index is 512. The predicted molar refractivity (Wildman–Crippen MR) is 77.9 cm³/mol. The molecule has 0 aliphatic rings. The van der Waals surface area contributed by atoms with E-state index in [9.17, 15) is 0 Å². The minimum Gasteiger partial charge on any atom is -0.397 e. The van der Waals surface area contributed by atoms with Crippen LogP contribution in [0.2, 0.25) is 0 Å². The zero-order chi connectivity index (χ0) is 13.1. The number of hydrogen-bond donors (Lipinski definition) is 4. The number of rotatable bonds is 3. The molecule has 0 aromatic heterocycles. The fourth-order valence-corrected chi connectivity index (χ4v) is 1.97. The molecule has 2 rings (SSSR count). The second-order valence-electron chi connectivity index (χ2n) is 4.34. The van der Waals surface area contributed by atoms with Gasteiger partial charge in [-0.25, -0.2) is 0 Å². The third-order valence-electron chi connectivity index (χ3n) is 3.12.